The van der Waals surface area contributed by atoms with Crippen molar-refractivity contribution in [3.63, 3.8) is 0 Å². The van der Waals surface area contributed by atoms with Crippen LogP contribution >= 0.6 is 0 Å². The fourth-order valence-corrected chi connectivity index (χ4v) is 4.77. The van der Waals surface area contributed by atoms with Gasteiger partial charge < -0.3 is 9.80 Å². The maximum Gasteiger partial charge on any atom is 0.275 e. The summed E-state index contributed by atoms with van der Waals surface area (Å²) in [5, 5.41) is 8.24. The fraction of sp³-hybridized carbons (Fsp3) is 0.529. The number of benzene rings is 1. The number of hydrogen-bond donors (Lipinski definition) is 1. The number of amides is 1. The molecule has 1 aromatic heterocycles. The van der Waals surface area contributed by atoms with E-state index < -0.39 is 0 Å². The topological polar surface area (TPSA) is 52.2 Å². The molecule has 1 aromatic carbocycles. The van der Waals surface area contributed by atoms with E-state index in [1.165, 1.54) is 25.9 Å². The van der Waals surface area contributed by atoms with Gasteiger partial charge in [0.05, 0.1) is 5.52 Å². The van der Waals surface area contributed by atoms with Crippen molar-refractivity contribution in [3.05, 3.63) is 30.0 Å². The highest BCUT2D eigenvalue weighted by atomic mass is 16.2. The number of nitrogens with one attached hydrogen (secondary N) is 1. The summed E-state index contributed by atoms with van der Waals surface area (Å²) in [6, 6.07) is 8.28. The van der Waals surface area contributed by atoms with Crippen LogP contribution in [0.5, 0.6) is 0 Å². The number of likely N-dealkylation sites (tertiary alicyclic amines) is 1. The van der Waals surface area contributed by atoms with E-state index in [0.717, 1.165) is 24.0 Å². The third-order valence-corrected chi connectivity index (χ3v) is 5.91. The molecule has 0 radical (unpaired) electrons. The minimum atomic E-state index is 0.110. The summed E-state index contributed by atoms with van der Waals surface area (Å²) in [6.07, 6.45) is 2.49. The second-order valence-corrected chi connectivity index (χ2v) is 6.94. The molecule has 5 heterocycles. The van der Waals surface area contributed by atoms with E-state index in [9.17, 15) is 4.79 Å². The van der Waals surface area contributed by atoms with Crippen LogP contribution in [0, 0.1) is 11.8 Å². The van der Waals surface area contributed by atoms with Crippen molar-refractivity contribution in [1.82, 2.24) is 20.0 Å². The second-order valence-electron chi connectivity index (χ2n) is 6.94. The maximum absolute atomic E-state index is 13.1. The van der Waals surface area contributed by atoms with Gasteiger partial charge in [0.15, 0.2) is 5.69 Å². The van der Waals surface area contributed by atoms with Crippen LogP contribution in [0.1, 0.15) is 23.3 Å². The second kappa shape index (κ2) is 4.56. The molecule has 0 saturated carbocycles. The number of para-hydroxylation sites is 1. The molecule has 6 rings (SSSR count). The number of aromatic nitrogens is 2. The highest BCUT2D eigenvalue weighted by molar-refractivity contribution is 6.04. The van der Waals surface area contributed by atoms with E-state index in [1.54, 1.807) is 0 Å². The SMILES string of the molecule is O=C(c1n[nH]c2ccccc12)N1CC2CCN3CCC2C1C3. The zero-order valence-corrected chi connectivity index (χ0v) is 12.5. The Morgan fingerprint density at radius 3 is 3.00 bits per heavy atom. The Kier molecular flexibility index (Phi) is 2.62. The minimum Gasteiger partial charge on any atom is -0.332 e. The quantitative estimate of drug-likeness (QED) is 0.872. The van der Waals surface area contributed by atoms with Crippen LogP contribution < -0.4 is 0 Å². The largest absolute Gasteiger partial charge is 0.332 e. The predicted octanol–water partition coefficient (Wildman–Crippen LogP) is 1.73. The first-order chi connectivity index (χ1) is 10.8. The lowest BCUT2D eigenvalue weighted by Crippen LogP contribution is -2.49. The van der Waals surface area contributed by atoms with Gasteiger partial charge in [0.2, 0.25) is 0 Å². The van der Waals surface area contributed by atoms with Crippen molar-refractivity contribution in [2.45, 2.75) is 18.9 Å². The van der Waals surface area contributed by atoms with Crippen molar-refractivity contribution >= 4 is 16.8 Å². The molecular weight excluding hydrogens is 276 g/mol. The zero-order valence-electron chi connectivity index (χ0n) is 12.5. The van der Waals surface area contributed by atoms with Crippen molar-refractivity contribution in [3.8, 4) is 0 Å². The maximum atomic E-state index is 13.1. The molecule has 1 N–H and O–H groups in total. The first kappa shape index (κ1) is 12.6. The van der Waals surface area contributed by atoms with E-state index in [1.807, 2.05) is 24.3 Å². The molecule has 0 spiro atoms. The molecular formula is C17H20N4O. The summed E-state index contributed by atoms with van der Waals surface area (Å²) < 4.78 is 0. The summed E-state index contributed by atoms with van der Waals surface area (Å²) >= 11 is 0. The Bertz CT molecular complexity index is 739. The number of carbonyl (C=O) groups excluding carboxylic acids is 1. The molecule has 22 heavy (non-hydrogen) atoms. The number of piperidine rings is 1. The van der Waals surface area contributed by atoms with Gasteiger partial charge in [-0.25, -0.2) is 0 Å². The number of H-pyrrole nitrogens is 1. The van der Waals surface area contributed by atoms with Gasteiger partial charge in [-0.3, -0.25) is 9.89 Å². The van der Waals surface area contributed by atoms with Gasteiger partial charge >= 0.3 is 0 Å². The molecule has 4 aliphatic rings. The van der Waals surface area contributed by atoms with E-state index in [4.69, 9.17) is 0 Å². The Labute approximate surface area is 129 Å². The zero-order chi connectivity index (χ0) is 14.7. The lowest BCUT2D eigenvalue weighted by atomic mass is 9.86. The Morgan fingerprint density at radius 1 is 1.18 bits per heavy atom. The number of fused-ring (bicyclic) bond motifs is 3. The average Bonchev–Trinajstić information content (AvgIpc) is 3.02. The van der Waals surface area contributed by atoms with E-state index >= 15 is 0 Å². The molecule has 5 nitrogen and oxygen atoms in total. The monoisotopic (exact) mass is 296 g/mol. The molecule has 4 fully saturated rings. The number of carbonyl (C=O) groups is 1. The molecule has 114 valence electrons. The summed E-state index contributed by atoms with van der Waals surface area (Å²) in [6.45, 7) is 4.40. The summed E-state index contributed by atoms with van der Waals surface area (Å²) in [5.74, 6) is 1.50. The van der Waals surface area contributed by atoms with Crippen molar-refractivity contribution in [2.24, 2.45) is 11.8 Å². The van der Waals surface area contributed by atoms with Crippen LogP contribution in [0.4, 0.5) is 0 Å². The molecule has 2 aromatic rings. The van der Waals surface area contributed by atoms with Crippen LogP contribution in [0.2, 0.25) is 0 Å². The molecule has 4 atom stereocenters. The van der Waals surface area contributed by atoms with Gasteiger partial charge in [0.1, 0.15) is 0 Å². The number of nitrogens with zero attached hydrogens (tertiary/aromatic N) is 3. The van der Waals surface area contributed by atoms with Gasteiger partial charge in [0.25, 0.3) is 5.91 Å². The van der Waals surface area contributed by atoms with E-state index in [2.05, 4.69) is 20.0 Å². The molecule has 4 aliphatic heterocycles. The van der Waals surface area contributed by atoms with Crippen LogP contribution in [0.15, 0.2) is 24.3 Å². The van der Waals surface area contributed by atoms with E-state index in [-0.39, 0.29) is 5.91 Å². The van der Waals surface area contributed by atoms with Gasteiger partial charge in [-0.2, -0.15) is 5.10 Å². The molecule has 0 aliphatic carbocycles. The molecule has 4 bridgehead atoms. The summed E-state index contributed by atoms with van der Waals surface area (Å²) in [5.41, 5.74) is 1.53. The summed E-state index contributed by atoms with van der Waals surface area (Å²) in [4.78, 5) is 17.7. The molecule has 1 amide bonds. The van der Waals surface area contributed by atoms with Crippen LogP contribution in [-0.4, -0.2) is 58.1 Å². The van der Waals surface area contributed by atoms with Crippen molar-refractivity contribution in [1.29, 1.82) is 0 Å². The Morgan fingerprint density at radius 2 is 2.05 bits per heavy atom. The highest BCUT2D eigenvalue weighted by Crippen LogP contribution is 2.41. The summed E-state index contributed by atoms with van der Waals surface area (Å²) in [7, 11) is 0. The van der Waals surface area contributed by atoms with E-state index in [0.29, 0.717) is 23.6 Å². The lowest BCUT2D eigenvalue weighted by molar-refractivity contribution is 0.0607. The van der Waals surface area contributed by atoms with Gasteiger partial charge in [-0.15, -0.1) is 0 Å². The van der Waals surface area contributed by atoms with Crippen molar-refractivity contribution < 1.29 is 4.79 Å². The molecule has 4 unspecified atom stereocenters. The van der Waals surface area contributed by atoms with Gasteiger partial charge in [-0.05, 0) is 43.8 Å². The third kappa shape index (κ3) is 1.69. The van der Waals surface area contributed by atoms with Gasteiger partial charge in [-0.1, -0.05) is 18.2 Å². The predicted molar refractivity (Wildman–Crippen MR) is 83.6 cm³/mol. The Hall–Kier alpha value is -1.88. The standard InChI is InChI=1S/C17H20N4O/c22-17(16-13-3-1-2-4-14(13)18-19-16)21-9-11-5-7-20-8-6-12(11)15(21)10-20/h1-4,11-12,15H,5-10H2,(H,18,19). The van der Waals surface area contributed by atoms with Gasteiger partial charge in [0, 0.05) is 24.5 Å². The lowest BCUT2D eigenvalue weighted by Gasteiger charge is -2.36. The van der Waals surface area contributed by atoms with Crippen LogP contribution in [-0.2, 0) is 0 Å². The highest BCUT2D eigenvalue weighted by Gasteiger charge is 2.48. The number of rotatable bonds is 1. The third-order valence-electron chi connectivity index (χ3n) is 5.91. The Balaban J connectivity index is 1.51. The first-order valence-corrected chi connectivity index (χ1v) is 8.28. The van der Waals surface area contributed by atoms with Crippen molar-refractivity contribution in [2.75, 3.05) is 26.2 Å². The first-order valence-electron chi connectivity index (χ1n) is 8.28. The fourth-order valence-electron chi connectivity index (χ4n) is 4.77. The van der Waals surface area contributed by atoms with Crippen LogP contribution in [0.25, 0.3) is 10.9 Å². The number of aromatic amines is 1. The average molecular weight is 296 g/mol. The van der Waals surface area contributed by atoms with Crippen LogP contribution in [0.3, 0.4) is 0 Å². The normalized spacial score (nSPS) is 33.4. The minimum absolute atomic E-state index is 0.110. The smallest absolute Gasteiger partial charge is 0.275 e. The number of hydrogen-bond acceptors (Lipinski definition) is 3. The molecule has 4 saturated heterocycles. The molecule has 5 heteroatoms.